The third-order valence-corrected chi connectivity index (χ3v) is 4.15. The standard InChI is InChI=1S/C16H26O8/c1-15(11(17)21-3,12(18)22-4)9-7-8-10-16(2,13(19)23-5)14(20)24-6/h7-10H2,1-6H3. The highest BCUT2D eigenvalue weighted by atomic mass is 16.6. The van der Waals surface area contributed by atoms with Crippen molar-refractivity contribution in [3.63, 3.8) is 0 Å². The highest BCUT2D eigenvalue weighted by molar-refractivity contribution is 6.00. The molecule has 0 unspecified atom stereocenters. The van der Waals surface area contributed by atoms with Crippen LogP contribution < -0.4 is 0 Å². The van der Waals surface area contributed by atoms with Crippen molar-refractivity contribution in [2.45, 2.75) is 39.5 Å². The van der Waals surface area contributed by atoms with Gasteiger partial charge in [-0.05, 0) is 26.7 Å². The molecule has 0 rings (SSSR count). The van der Waals surface area contributed by atoms with Gasteiger partial charge < -0.3 is 18.9 Å². The Kier molecular flexibility index (Phi) is 8.43. The summed E-state index contributed by atoms with van der Waals surface area (Å²) in [5.74, 6) is -2.79. The van der Waals surface area contributed by atoms with Gasteiger partial charge in [0.05, 0.1) is 28.4 Å². The quantitative estimate of drug-likeness (QED) is 0.266. The molecule has 0 spiro atoms. The first kappa shape index (κ1) is 21.9. The summed E-state index contributed by atoms with van der Waals surface area (Å²) in [6, 6.07) is 0. The summed E-state index contributed by atoms with van der Waals surface area (Å²) in [5.41, 5.74) is -2.87. The minimum Gasteiger partial charge on any atom is -0.468 e. The maximum atomic E-state index is 11.9. The zero-order chi connectivity index (χ0) is 19.0. The van der Waals surface area contributed by atoms with Crippen LogP contribution in [0, 0.1) is 10.8 Å². The van der Waals surface area contributed by atoms with Crippen molar-refractivity contribution in [3.05, 3.63) is 0 Å². The van der Waals surface area contributed by atoms with Gasteiger partial charge in [0.2, 0.25) is 0 Å². The number of esters is 4. The normalized spacial score (nSPS) is 11.4. The van der Waals surface area contributed by atoms with E-state index >= 15 is 0 Å². The van der Waals surface area contributed by atoms with E-state index < -0.39 is 34.7 Å². The summed E-state index contributed by atoms with van der Waals surface area (Å²) < 4.78 is 18.6. The summed E-state index contributed by atoms with van der Waals surface area (Å²) in [5, 5.41) is 0. The summed E-state index contributed by atoms with van der Waals surface area (Å²) in [4.78, 5) is 47.5. The van der Waals surface area contributed by atoms with Crippen LogP contribution in [0.2, 0.25) is 0 Å². The lowest BCUT2D eigenvalue weighted by atomic mass is 9.81. The SMILES string of the molecule is COC(=O)C(C)(CCCCC(C)(C(=O)OC)C(=O)OC)C(=O)OC. The molecule has 0 fully saturated rings. The summed E-state index contributed by atoms with van der Waals surface area (Å²) in [6.07, 6.45) is 1.10. The highest BCUT2D eigenvalue weighted by Crippen LogP contribution is 2.32. The molecule has 0 atom stereocenters. The van der Waals surface area contributed by atoms with E-state index in [0.29, 0.717) is 12.8 Å². The van der Waals surface area contributed by atoms with Gasteiger partial charge in [-0.2, -0.15) is 0 Å². The molecule has 8 nitrogen and oxygen atoms in total. The van der Waals surface area contributed by atoms with Crippen LogP contribution in [-0.4, -0.2) is 52.3 Å². The van der Waals surface area contributed by atoms with Crippen LogP contribution in [0.25, 0.3) is 0 Å². The molecule has 0 amide bonds. The molecule has 0 aliphatic heterocycles. The zero-order valence-corrected chi connectivity index (χ0v) is 15.1. The van der Waals surface area contributed by atoms with Crippen molar-refractivity contribution in [1.29, 1.82) is 0 Å². The molecule has 0 saturated carbocycles. The fourth-order valence-corrected chi connectivity index (χ4v) is 2.43. The van der Waals surface area contributed by atoms with Gasteiger partial charge in [-0.15, -0.1) is 0 Å². The number of ether oxygens (including phenoxy) is 4. The Morgan fingerprint density at radius 3 is 0.958 bits per heavy atom. The van der Waals surface area contributed by atoms with Gasteiger partial charge in [-0.1, -0.05) is 12.8 Å². The topological polar surface area (TPSA) is 105 Å². The van der Waals surface area contributed by atoms with E-state index in [1.54, 1.807) is 0 Å². The van der Waals surface area contributed by atoms with Crippen molar-refractivity contribution in [2.75, 3.05) is 28.4 Å². The fraction of sp³-hybridized carbons (Fsp3) is 0.750. The molecule has 0 aromatic heterocycles. The lowest BCUT2D eigenvalue weighted by Gasteiger charge is -2.26. The van der Waals surface area contributed by atoms with E-state index in [2.05, 4.69) is 18.9 Å². The van der Waals surface area contributed by atoms with Crippen LogP contribution in [0.5, 0.6) is 0 Å². The maximum Gasteiger partial charge on any atom is 0.322 e. The molecule has 0 aliphatic rings. The van der Waals surface area contributed by atoms with Gasteiger partial charge in [0.25, 0.3) is 0 Å². The van der Waals surface area contributed by atoms with Crippen LogP contribution in [0.4, 0.5) is 0 Å². The number of carbonyl (C=O) groups excluding carboxylic acids is 4. The first-order valence-corrected chi connectivity index (χ1v) is 7.47. The lowest BCUT2D eigenvalue weighted by molar-refractivity contribution is -0.170. The third kappa shape index (κ3) is 4.69. The average molecular weight is 346 g/mol. The second-order valence-corrected chi connectivity index (χ2v) is 5.84. The molecule has 8 heteroatoms. The smallest absolute Gasteiger partial charge is 0.322 e. The summed E-state index contributed by atoms with van der Waals surface area (Å²) >= 11 is 0. The largest absolute Gasteiger partial charge is 0.468 e. The van der Waals surface area contributed by atoms with E-state index in [1.165, 1.54) is 42.3 Å². The van der Waals surface area contributed by atoms with Gasteiger partial charge in [-0.3, -0.25) is 19.2 Å². The van der Waals surface area contributed by atoms with Crippen LogP contribution in [0.1, 0.15) is 39.5 Å². The van der Waals surface area contributed by atoms with Gasteiger partial charge in [0.15, 0.2) is 10.8 Å². The first-order valence-electron chi connectivity index (χ1n) is 7.47. The molecule has 0 N–H and O–H groups in total. The van der Waals surface area contributed by atoms with Gasteiger partial charge in [0, 0.05) is 0 Å². The van der Waals surface area contributed by atoms with Crippen molar-refractivity contribution in [2.24, 2.45) is 10.8 Å². The van der Waals surface area contributed by atoms with E-state index in [1.807, 2.05) is 0 Å². The van der Waals surface area contributed by atoms with Crippen molar-refractivity contribution < 1.29 is 38.1 Å². The minimum absolute atomic E-state index is 0.158. The monoisotopic (exact) mass is 346 g/mol. The Morgan fingerprint density at radius 2 is 0.792 bits per heavy atom. The molecule has 0 bridgehead atoms. The van der Waals surface area contributed by atoms with Crippen LogP contribution in [0.3, 0.4) is 0 Å². The van der Waals surface area contributed by atoms with Crippen molar-refractivity contribution in [1.82, 2.24) is 0 Å². The molecular formula is C16H26O8. The zero-order valence-electron chi connectivity index (χ0n) is 15.1. The van der Waals surface area contributed by atoms with E-state index in [-0.39, 0.29) is 12.8 Å². The number of carbonyl (C=O) groups is 4. The Hall–Kier alpha value is -2.12. The second kappa shape index (κ2) is 9.24. The second-order valence-electron chi connectivity index (χ2n) is 5.84. The van der Waals surface area contributed by atoms with Gasteiger partial charge in [-0.25, -0.2) is 0 Å². The molecule has 0 aromatic carbocycles. The number of methoxy groups -OCH3 is 4. The molecule has 0 heterocycles. The Morgan fingerprint density at radius 1 is 0.583 bits per heavy atom. The molecule has 24 heavy (non-hydrogen) atoms. The van der Waals surface area contributed by atoms with E-state index in [0.717, 1.165) is 0 Å². The minimum atomic E-state index is -1.43. The van der Waals surface area contributed by atoms with E-state index in [9.17, 15) is 19.2 Å². The molecule has 0 saturated heterocycles. The highest BCUT2D eigenvalue weighted by Gasteiger charge is 2.45. The predicted octanol–water partition coefficient (Wildman–Crippen LogP) is 1.25. The van der Waals surface area contributed by atoms with Crippen LogP contribution >= 0.6 is 0 Å². The molecule has 138 valence electrons. The predicted molar refractivity (Wildman–Crippen MR) is 82.7 cm³/mol. The fourth-order valence-electron chi connectivity index (χ4n) is 2.43. The Labute approximate surface area is 141 Å². The van der Waals surface area contributed by atoms with E-state index in [4.69, 9.17) is 0 Å². The van der Waals surface area contributed by atoms with Gasteiger partial charge >= 0.3 is 23.9 Å². The first-order chi connectivity index (χ1) is 11.1. The van der Waals surface area contributed by atoms with Crippen LogP contribution in [-0.2, 0) is 38.1 Å². The number of hydrogen-bond acceptors (Lipinski definition) is 8. The average Bonchev–Trinajstić information content (AvgIpc) is 2.61. The third-order valence-electron chi connectivity index (χ3n) is 4.15. The summed E-state index contributed by atoms with van der Waals surface area (Å²) in [6.45, 7) is 2.87. The number of rotatable bonds is 9. The summed E-state index contributed by atoms with van der Waals surface area (Å²) in [7, 11) is 4.76. The van der Waals surface area contributed by atoms with Gasteiger partial charge in [0.1, 0.15) is 0 Å². The molecule has 0 radical (unpaired) electrons. The maximum absolute atomic E-state index is 11.9. The number of unbranched alkanes of at least 4 members (excludes halogenated alkanes) is 1. The molecular weight excluding hydrogens is 320 g/mol. The Bertz CT molecular complexity index is 406. The number of hydrogen-bond donors (Lipinski definition) is 0. The Balaban J connectivity index is 4.94. The van der Waals surface area contributed by atoms with Crippen LogP contribution in [0.15, 0.2) is 0 Å². The van der Waals surface area contributed by atoms with Crippen molar-refractivity contribution in [3.8, 4) is 0 Å². The van der Waals surface area contributed by atoms with Crippen molar-refractivity contribution >= 4 is 23.9 Å². The molecule has 0 aromatic rings. The lowest BCUT2D eigenvalue weighted by Crippen LogP contribution is -2.39. The molecule has 0 aliphatic carbocycles.